The molecule has 0 bridgehead atoms. The van der Waals surface area contributed by atoms with E-state index in [0.29, 0.717) is 19.8 Å². The molecule has 1 saturated heterocycles. The van der Waals surface area contributed by atoms with Crippen LogP contribution in [0.25, 0.3) is 0 Å². The number of rotatable bonds is 6. The maximum atomic E-state index is 12.7. The van der Waals surface area contributed by atoms with Crippen LogP contribution in [-0.2, 0) is 19.0 Å². The normalized spacial score (nSPS) is 21.5. The summed E-state index contributed by atoms with van der Waals surface area (Å²) in [6.07, 6.45) is -0.271. The van der Waals surface area contributed by atoms with Crippen molar-refractivity contribution < 1.29 is 23.8 Å². The molecule has 140 valence electrons. The fourth-order valence-corrected chi connectivity index (χ4v) is 2.80. The van der Waals surface area contributed by atoms with Crippen LogP contribution in [-0.4, -0.2) is 60.1 Å². The highest BCUT2D eigenvalue weighted by molar-refractivity contribution is 5.72. The molecule has 1 fully saturated rings. The number of esters is 1. The zero-order valence-corrected chi connectivity index (χ0v) is 16.0. The van der Waals surface area contributed by atoms with Crippen LogP contribution in [0.1, 0.15) is 54.9 Å². The van der Waals surface area contributed by atoms with E-state index in [0.717, 1.165) is 0 Å². The Kier molecular flexibility index (Phi) is 7.04. The number of likely N-dealkylation sites (N-methyl/N-ethyl adjacent to an activating group) is 1. The third kappa shape index (κ3) is 5.63. The molecular formula is C17H32N2O5. The lowest BCUT2D eigenvalue weighted by Crippen LogP contribution is -2.56. The molecular weight excluding hydrogens is 312 g/mol. The van der Waals surface area contributed by atoms with E-state index in [-0.39, 0.29) is 24.5 Å². The molecule has 7 heteroatoms. The molecule has 0 saturated carbocycles. The Morgan fingerprint density at radius 1 is 1.33 bits per heavy atom. The molecule has 24 heavy (non-hydrogen) atoms. The minimum Gasteiger partial charge on any atom is -0.466 e. The van der Waals surface area contributed by atoms with Crippen LogP contribution in [0.4, 0.5) is 4.79 Å². The van der Waals surface area contributed by atoms with Crippen molar-refractivity contribution in [2.75, 3.05) is 19.8 Å². The molecule has 1 amide bonds. The first-order valence-corrected chi connectivity index (χ1v) is 8.57. The zero-order chi connectivity index (χ0) is 18.5. The molecule has 1 aliphatic heterocycles. The predicted octanol–water partition coefficient (Wildman–Crippen LogP) is 2.29. The number of carbonyl (C=O) groups excluding carboxylic acids is 2. The van der Waals surface area contributed by atoms with Crippen LogP contribution < -0.4 is 5.32 Å². The lowest BCUT2D eigenvalue weighted by Gasteiger charge is -2.37. The highest BCUT2D eigenvalue weighted by Crippen LogP contribution is 2.31. The van der Waals surface area contributed by atoms with E-state index in [1.54, 1.807) is 11.8 Å². The Balaban J connectivity index is 2.98. The van der Waals surface area contributed by atoms with Gasteiger partial charge in [0, 0.05) is 6.04 Å². The van der Waals surface area contributed by atoms with E-state index < -0.39 is 17.4 Å². The van der Waals surface area contributed by atoms with Crippen LogP contribution in [0.3, 0.4) is 0 Å². The average Bonchev–Trinajstić information content (AvgIpc) is 2.72. The molecule has 0 spiro atoms. The number of hydrogen-bond donors (Lipinski definition) is 1. The topological polar surface area (TPSA) is 77.1 Å². The zero-order valence-electron chi connectivity index (χ0n) is 16.0. The molecule has 0 aromatic carbocycles. The summed E-state index contributed by atoms with van der Waals surface area (Å²) >= 11 is 0. The fourth-order valence-electron chi connectivity index (χ4n) is 2.80. The first kappa shape index (κ1) is 20.7. The Hall–Kier alpha value is -1.34. The number of nitrogens with one attached hydrogen (secondary N) is 1. The Labute approximate surface area is 145 Å². The SMILES string of the molecule is CCN[C@H](CC(=O)OCC)[C@@H]1COC(C)(C)N1C(=O)OC(C)(C)C. The van der Waals surface area contributed by atoms with E-state index in [4.69, 9.17) is 14.2 Å². The highest BCUT2D eigenvalue weighted by atomic mass is 16.6. The fraction of sp³-hybridized carbons (Fsp3) is 0.882. The van der Waals surface area contributed by atoms with Gasteiger partial charge in [-0.15, -0.1) is 0 Å². The van der Waals surface area contributed by atoms with Crippen LogP contribution in [0, 0.1) is 0 Å². The molecule has 1 N–H and O–H groups in total. The molecule has 1 rings (SSSR count). The van der Waals surface area contributed by atoms with Gasteiger partial charge in [0.05, 0.1) is 25.7 Å². The van der Waals surface area contributed by atoms with Gasteiger partial charge in [-0.25, -0.2) is 4.79 Å². The van der Waals surface area contributed by atoms with E-state index in [1.165, 1.54) is 0 Å². The standard InChI is InChI=1S/C17H32N2O5/c1-8-18-12(10-14(20)22-9-2)13-11-23-17(6,7)19(13)15(21)24-16(3,4)5/h12-13,18H,8-11H2,1-7H3/t12-,13+/m1/s1. The molecule has 0 aromatic heterocycles. The second-order valence-corrected chi connectivity index (χ2v) is 7.35. The van der Waals surface area contributed by atoms with Crippen molar-refractivity contribution in [2.45, 2.75) is 78.3 Å². The lowest BCUT2D eigenvalue weighted by molar-refractivity contribution is -0.144. The summed E-state index contributed by atoms with van der Waals surface area (Å²) in [5.41, 5.74) is -1.40. The van der Waals surface area contributed by atoms with Gasteiger partial charge in [0.1, 0.15) is 11.3 Å². The highest BCUT2D eigenvalue weighted by Gasteiger charge is 2.48. The van der Waals surface area contributed by atoms with Crippen LogP contribution >= 0.6 is 0 Å². The summed E-state index contributed by atoms with van der Waals surface area (Å²) in [5, 5.41) is 3.27. The number of amides is 1. The van der Waals surface area contributed by atoms with Crippen LogP contribution in [0.15, 0.2) is 0 Å². The molecule has 7 nitrogen and oxygen atoms in total. The van der Waals surface area contributed by atoms with Crippen molar-refractivity contribution in [3.63, 3.8) is 0 Å². The van der Waals surface area contributed by atoms with Crippen molar-refractivity contribution in [1.29, 1.82) is 0 Å². The molecule has 1 aliphatic rings. The van der Waals surface area contributed by atoms with Gasteiger partial charge in [-0.05, 0) is 48.1 Å². The van der Waals surface area contributed by atoms with Gasteiger partial charge in [-0.3, -0.25) is 9.69 Å². The summed E-state index contributed by atoms with van der Waals surface area (Å²) in [5.74, 6) is -0.294. The largest absolute Gasteiger partial charge is 0.466 e. The van der Waals surface area contributed by atoms with Crippen molar-refractivity contribution >= 4 is 12.1 Å². The summed E-state index contributed by atoms with van der Waals surface area (Å²) in [6.45, 7) is 14.2. The molecule has 2 atom stereocenters. The second kappa shape index (κ2) is 8.16. The van der Waals surface area contributed by atoms with Gasteiger partial charge in [-0.2, -0.15) is 0 Å². The summed E-state index contributed by atoms with van der Waals surface area (Å²) in [7, 11) is 0. The summed E-state index contributed by atoms with van der Waals surface area (Å²) in [6, 6.07) is -0.567. The van der Waals surface area contributed by atoms with E-state index in [1.807, 2.05) is 41.5 Å². The second-order valence-electron chi connectivity index (χ2n) is 7.35. The number of nitrogens with zero attached hydrogens (tertiary/aromatic N) is 1. The van der Waals surface area contributed by atoms with Crippen molar-refractivity contribution in [3.8, 4) is 0 Å². The third-order valence-corrected chi connectivity index (χ3v) is 3.73. The summed E-state index contributed by atoms with van der Waals surface area (Å²) in [4.78, 5) is 26.2. The van der Waals surface area contributed by atoms with Crippen LogP contribution in [0.5, 0.6) is 0 Å². The Morgan fingerprint density at radius 2 is 1.96 bits per heavy atom. The van der Waals surface area contributed by atoms with Crippen molar-refractivity contribution in [3.05, 3.63) is 0 Å². The van der Waals surface area contributed by atoms with Gasteiger partial charge in [-0.1, -0.05) is 6.92 Å². The molecule has 0 unspecified atom stereocenters. The molecule has 0 aliphatic carbocycles. The smallest absolute Gasteiger partial charge is 0.412 e. The van der Waals surface area contributed by atoms with Gasteiger partial charge < -0.3 is 19.5 Å². The minimum absolute atomic E-state index is 0.172. The Bertz CT molecular complexity index is 445. The first-order chi connectivity index (χ1) is 11.0. The molecule has 0 aromatic rings. The minimum atomic E-state index is -0.796. The van der Waals surface area contributed by atoms with Gasteiger partial charge >= 0.3 is 12.1 Å². The van der Waals surface area contributed by atoms with Crippen LogP contribution in [0.2, 0.25) is 0 Å². The number of ether oxygens (including phenoxy) is 3. The van der Waals surface area contributed by atoms with E-state index >= 15 is 0 Å². The molecule has 1 heterocycles. The van der Waals surface area contributed by atoms with Crippen molar-refractivity contribution in [2.24, 2.45) is 0 Å². The predicted molar refractivity (Wildman–Crippen MR) is 90.6 cm³/mol. The van der Waals surface area contributed by atoms with Crippen molar-refractivity contribution in [1.82, 2.24) is 10.2 Å². The monoisotopic (exact) mass is 344 g/mol. The maximum absolute atomic E-state index is 12.7. The third-order valence-electron chi connectivity index (χ3n) is 3.73. The Morgan fingerprint density at radius 3 is 2.46 bits per heavy atom. The van der Waals surface area contributed by atoms with E-state index in [9.17, 15) is 9.59 Å². The van der Waals surface area contributed by atoms with Gasteiger partial charge in [0.2, 0.25) is 0 Å². The van der Waals surface area contributed by atoms with E-state index in [2.05, 4.69) is 5.32 Å². The molecule has 0 radical (unpaired) electrons. The first-order valence-electron chi connectivity index (χ1n) is 8.57. The summed E-state index contributed by atoms with van der Waals surface area (Å²) < 4.78 is 16.4. The average molecular weight is 344 g/mol. The van der Waals surface area contributed by atoms with Gasteiger partial charge in [0.25, 0.3) is 0 Å². The lowest BCUT2D eigenvalue weighted by atomic mass is 10.0. The maximum Gasteiger partial charge on any atom is 0.412 e. The quantitative estimate of drug-likeness (QED) is 0.745. The number of hydrogen-bond acceptors (Lipinski definition) is 6. The van der Waals surface area contributed by atoms with Gasteiger partial charge in [0.15, 0.2) is 0 Å². The number of carbonyl (C=O) groups is 2.